The number of halogens is 1. The van der Waals surface area contributed by atoms with Crippen molar-refractivity contribution in [1.82, 2.24) is 0 Å². The van der Waals surface area contributed by atoms with Crippen molar-refractivity contribution in [2.45, 2.75) is 6.10 Å². The molecule has 0 saturated carbocycles. The Balaban J connectivity index is 2.71. The zero-order chi connectivity index (χ0) is 9.68. The van der Waals surface area contributed by atoms with E-state index in [4.69, 9.17) is 16.7 Å². The van der Waals surface area contributed by atoms with E-state index in [0.717, 1.165) is 5.56 Å². The molecule has 0 aliphatic heterocycles. The predicted molar refractivity (Wildman–Crippen MR) is 52.6 cm³/mol. The molecule has 2 nitrogen and oxygen atoms in total. The highest BCUT2D eigenvalue weighted by Crippen LogP contribution is 2.16. The summed E-state index contributed by atoms with van der Waals surface area (Å²) < 4.78 is 0. The minimum Gasteiger partial charge on any atom is -0.392 e. The molecule has 3 heteroatoms. The van der Waals surface area contributed by atoms with Crippen molar-refractivity contribution >= 4 is 11.6 Å². The maximum absolute atomic E-state index is 9.50. The highest BCUT2D eigenvalue weighted by molar-refractivity contribution is 6.30. The second-order valence-corrected chi connectivity index (χ2v) is 3.04. The van der Waals surface area contributed by atoms with Crippen molar-refractivity contribution < 1.29 is 10.2 Å². The first kappa shape index (κ1) is 10.3. The second-order valence-electron chi connectivity index (χ2n) is 2.61. The monoisotopic (exact) mass is 198 g/mol. The molecule has 2 N–H and O–H groups in total. The van der Waals surface area contributed by atoms with Crippen molar-refractivity contribution in [3.05, 3.63) is 47.0 Å². The Labute approximate surface area is 82.1 Å². The number of hydrogen-bond acceptors (Lipinski definition) is 2. The first-order valence-electron chi connectivity index (χ1n) is 3.95. The van der Waals surface area contributed by atoms with Crippen LogP contribution in [0.3, 0.4) is 0 Å². The summed E-state index contributed by atoms with van der Waals surface area (Å²) >= 11 is 5.68. The largest absolute Gasteiger partial charge is 0.392 e. The summed E-state index contributed by atoms with van der Waals surface area (Å²) in [5, 5.41) is 18.6. The van der Waals surface area contributed by atoms with Gasteiger partial charge in [0.15, 0.2) is 0 Å². The topological polar surface area (TPSA) is 40.5 Å². The van der Waals surface area contributed by atoms with Crippen molar-refractivity contribution in [3.8, 4) is 0 Å². The lowest BCUT2D eigenvalue weighted by Gasteiger charge is -2.04. The molecular formula is C10H11ClO2. The summed E-state index contributed by atoms with van der Waals surface area (Å²) in [5.41, 5.74) is 0.758. The van der Waals surface area contributed by atoms with Crippen molar-refractivity contribution in [2.75, 3.05) is 6.61 Å². The first-order valence-corrected chi connectivity index (χ1v) is 4.33. The van der Waals surface area contributed by atoms with E-state index >= 15 is 0 Å². The molecule has 1 aromatic rings. The molecule has 0 spiro atoms. The normalized spacial score (nSPS) is 13.5. The number of hydrogen-bond donors (Lipinski definition) is 2. The maximum atomic E-state index is 9.50. The Kier molecular flexibility index (Phi) is 3.96. The van der Waals surface area contributed by atoms with E-state index in [0.29, 0.717) is 5.02 Å². The quantitative estimate of drug-likeness (QED) is 0.729. The summed E-state index contributed by atoms with van der Waals surface area (Å²) in [6.07, 6.45) is 2.35. The molecule has 0 fully saturated rings. The van der Waals surface area contributed by atoms with Crippen LogP contribution >= 0.6 is 11.6 Å². The fourth-order valence-electron chi connectivity index (χ4n) is 0.961. The molecule has 1 rings (SSSR count). The average molecular weight is 199 g/mol. The standard InChI is InChI=1S/C10H11ClO2/c11-9-5-3-8(4-6-9)10(13)2-1-7-12/h1-6,10,12-13H,7H2. The van der Waals surface area contributed by atoms with E-state index in [2.05, 4.69) is 0 Å². The van der Waals surface area contributed by atoms with Gasteiger partial charge < -0.3 is 10.2 Å². The number of aliphatic hydroxyl groups excluding tert-OH is 2. The van der Waals surface area contributed by atoms with E-state index in [1.54, 1.807) is 24.3 Å². The van der Waals surface area contributed by atoms with E-state index in [1.165, 1.54) is 12.2 Å². The van der Waals surface area contributed by atoms with Gasteiger partial charge in [-0.15, -0.1) is 0 Å². The molecule has 0 aliphatic rings. The molecule has 0 heterocycles. The fraction of sp³-hybridized carbons (Fsp3) is 0.200. The van der Waals surface area contributed by atoms with Gasteiger partial charge in [0, 0.05) is 5.02 Å². The Morgan fingerprint density at radius 2 is 1.92 bits per heavy atom. The minimum atomic E-state index is -0.676. The maximum Gasteiger partial charge on any atom is 0.0972 e. The molecule has 0 aromatic heterocycles. The third kappa shape index (κ3) is 3.19. The van der Waals surface area contributed by atoms with Gasteiger partial charge in [-0.1, -0.05) is 35.9 Å². The predicted octanol–water partition coefficient (Wildman–Crippen LogP) is 1.92. The van der Waals surface area contributed by atoms with Gasteiger partial charge in [0.1, 0.15) is 0 Å². The molecule has 0 saturated heterocycles. The second kappa shape index (κ2) is 5.02. The van der Waals surface area contributed by atoms with Gasteiger partial charge in [0.05, 0.1) is 12.7 Å². The van der Waals surface area contributed by atoms with Crippen LogP contribution in [0.15, 0.2) is 36.4 Å². The summed E-state index contributed by atoms with van der Waals surface area (Å²) in [6.45, 7) is -0.0648. The zero-order valence-corrected chi connectivity index (χ0v) is 7.78. The van der Waals surface area contributed by atoms with Gasteiger partial charge in [-0.25, -0.2) is 0 Å². The van der Waals surface area contributed by atoms with Crippen molar-refractivity contribution in [3.63, 3.8) is 0 Å². The summed E-state index contributed by atoms with van der Waals surface area (Å²) in [6, 6.07) is 6.92. The van der Waals surface area contributed by atoms with E-state index in [1.807, 2.05) is 0 Å². The molecule has 13 heavy (non-hydrogen) atoms. The third-order valence-corrected chi connectivity index (χ3v) is 1.89. The van der Waals surface area contributed by atoms with Gasteiger partial charge in [0.25, 0.3) is 0 Å². The Morgan fingerprint density at radius 1 is 1.31 bits per heavy atom. The lowest BCUT2D eigenvalue weighted by Crippen LogP contribution is -1.92. The van der Waals surface area contributed by atoms with E-state index < -0.39 is 6.10 Å². The number of benzene rings is 1. The fourth-order valence-corrected chi connectivity index (χ4v) is 1.09. The van der Waals surface area contributed by atoms with Crippen LogP contribution in [-0.4, -0.2) is 16.8 Å². The van der Waals surface area contributed by atoms with Gasteiger partial charge in [-0.3, -0.25) is 0 Å². The smallest absolute Gasteiger partial charge is 0.0972 e. The lowest BCUT2D eigenvalue weighted by molar-refractivity contribution is 0.227. The highest BCUT2D eigenvalue weighted by atomic mass is 35.5. The van der Waals surface area contributed by atoms with Gasteiger partial charge in [0.2, 0.25) is 0 Å². The van der Waals surface area contributed by atoms with Crippen molar-refractivity contribution in [2.24, 2.45) is 0 Å². The lowest BCUT2D eigenvalue weighted by atomic mass is 10.1. The van der Waals surface area contributed by atoms with Crippen LogP contribution in [0.1, 0.15) is 11.7 Å². The Hall–Kier alpha value is -0.830. The molecule has 1 atom stereocenters. The molecule has 1 unspecified atom stereocenters. The molecule has 0 aliphatic carbocycles. The molecule has 70 valence electrons. The molecule has 1 aromatic carbocycles. The van der Waals surface area contributed by atoms with Crippen LogP contribution in [0.5, 0.6) is 0 Å². The summed E-state index contributed by atoms with van der Waals surface area (Å²) in [7, 11) is 0. The van der Waals surface area contributed by atoms with Crippen molar-refractivity contribution in [1.29, 1.82) is 0 Å². The summed E-state index contributed by atoms with van der Waals surface area (Å²) in [5.74, 6) is 0. The number of aliphatic hydroxyl groups is 2. The zero-order valence-electron chi connectivity index (χ0n) is 7.02. The number of rotatable bonds is 3. The summed E-state index contributed by atoms with van der Waals surface area (Å²) in [4.78, 5) is 0. The van der Waals surface area contributed by atoms with Crippen LogP contribution in [-0.2, 0) is 0 Å². The Morgan fingerprint density at radius 3 is 2.46 bits per heavy atom. The SMILES string of the molecule is OCC=CC(O)c1ccc(Cl)cc1. The van der Waals surface area contributed by atoms with Gasteiger partial charge in [-0.2, -0.15) is 0 Å². The molecular weight excluding hydrogens is 188 g/mol. The Bertz CT molecular complexity index is 279. The first-order chi connectivity index (χ1) is 6.24. The average Bonchev–Trinajstić information content (AvgIpc) is 2.15. The molecule has 0 amide bonds. The third-order valence-electron chi connectivity index (χ3n) is 1.64. The van der Waals surface area contributed by atoms with Crippen LogP contribution in [0.4, 0.5) is 0 Å². The van der Waals surface area contributed by atoms with Gasteiger partial charge in [-0.05, 0) is 17.7 Å². The molecule has 0 radical (unpaired) electrons. The highest BCUT2D eigenvalue weighted by Gasteiger charge is 2.01. The van der Waals surface area contributed by atoms with Crippen LogP contribution in [0, 0.1) is 0 Å². The van der Waals surface area contributed by atoms with Crippen LogP contribution in [0.2, 0.25) is 5.02 Å². The molecule has 0 bridgehead atoms. The van der Waals surface area contributed by atoms with E-state index in [-0.39, 0.29) is 6.61 Å². The van der Waals surface area contributed by atoms with E-state index in [9.17, 15) is 5.11 Å². The minimum absolute atomic E-state index is 0.0648. The van der Waals surface area contributed by atoms with Crippen LogP contribution in [0.25, 0.3) is 0 Å². The van der Waals surface area contributed by atoms with Gasteiger partial charge >= 0.3 is 0 Å². The van der Waals surface area contributed by atoms with Crippen LogP contribution < -0.4 is 0 Å².